The highest BCUT2D eigenvalue weighted by molar-refractivity contribution is 5.91. The van der Waals surface area contributed by atoms with Crippen molar-refractivity contribution in [3.63, 3.8) is 0 Å². The standard InChI is InChI=1S/C17H19NO3/c1-12-4-3-5-15(10-12)21-9-8-17(20)18-14-7-6-13(2)16(19)11-14/h3-7,10-11,19H,8-9H2,1-2H3,(H,18,20). The molecule has 0 unspecified atom stereocenters. The number of phenolic OH excluding ortho intramolecular Hbond substituents is 1. The highest BCUT2D eigenvalue weighted by Crippen LogP contribution is 2.20. The first-order valence-electron chi connectivity index (χ1n) is 6.83. The molecule has 0 aliphatic carbocycles. The maximum absolute atomic E-state index is 11.8. The van der Waals surface area contributed by atoms with Crippen LogP contribution < -0.4 is 10.1 Å². The van der Waals surface area contributed by atoms with Gasteiger partial charge in [-0.25, -0.2) is 0 Å². The van der Waals surface area contributed by atoms with Gasteiger partial charge in [-0.2, -0.15) is 0 Å². The van der Waals surface area contributed by atoms with E-state index >= 15 is 0 Å². The molecule has 2 N–H and O–H groups in total. The van der Waals surface area contributed by atoms with Crippen molar-refractivity contribution < 1.29 is 14.6 Å². The summed E-state index contributed by atoms with van der Waals surface area (Å²) in [4.78, 5) is 11.8. The fraction of sp³-hybridized carbons (Fsp3) is 0.235. The first-order chi connectivity index (χ1) is 10.0. The zero-order valence-electron chi connectivity index (χ0n) is 12.2. The van der Waals surface area contributed by atoms with Gasteiger partial charge in [0.1, 0.15) is 11.5 Å². The number of benzene rings is 2. The molecule has 0 atom stereocenters. The summed E-state index contributed by atoms with van der Waals surface area (Å²) >= 11 is 0. The molecular weight excluding hydrogens is 266 g/mol. The van der Waals surface area contributed by atoms with Crippen LogP contribution in [0.4, 0.5) is 5.69 Å². The zero-order valence-corrected chi connectivity index (χ0v) is 12.2. The molecule has 0 fully saturated rings. The van der Waals surface area contributed by atoms with Gasteiger partial charge in [0.25, 0.3) is 0 Å². The molecule has 0 saturated carbocycles. The Kier molecular flexibility index (Phi) is 4.82. The Hall–Kier alpha value is -2.49. The van der Waals surface area contributed by atoms with Crippen LogP contribution in [0.15, 0.2) is 42.5 Å². The van der Waals surface area contributed by atoms with E-state index < -0.39 is 0 Å². The lowest BCUT2D eigenvalue weighted by Crippen LogP contribution is -2.15. The van der Waals surface area contributed by atoms with E-state index in [-0.39, 0.29) is 18.1 Å². The number of hydrogen-bond donors (Lipinski definition) is 2. The van der Waals surface area contributed by atoms with E-state index in [0.29, 0.717) is 12.3 Å². The average Bonchev–Trinajstić information content (AvgIpc) is 2.43. The maximum atomic E-state index is 11.8. The van der Waals surface area contributed by atoms with E-state index in [4.69, 9.17) is 4.74 Å². The van der Waals surface area contributed by atoms with Crippen molar-refractivity contribution in [3.8, 4) is 11.5 Å². The Balaban J connectivity index is 1.81. The van der Waals surface area contributed by atoms with Gasteiger partial charge in [0.2, 0.25) is 5.91 Å². The van der Waals surface area contributed by atoms with Crippen molar-refractivity contribution in [2.45, 2.75) is 20.3 Å². The smallest absolute Gasteiger partial charge is 0.227 e. The van der Waals surface area contributed by atoms with Crippen molar-refractivity contribution in [2.75, 3.05) is 11.9 Å². The third-order valence-electron chi connectivity index (χ3n) is 3.08. The Labute approximate surface area is 124 Å². The summed E-state index contributed by atoms with van der Waals surface area (Å²) in [5.41, 5.74) is 2.47. The Morgan fingerprint density at radius 1 is 1.19 bits per heavy atom. The minimum atomic E-state index is -0.147. The van der Waals surface area contributed by atoms with Crippen LogP contribution in [0.2, 0.25) is 0 Å². The summed E-state index contributed by atoms with van der Waals surface area (Å²) in [5.74, 6) is 0.783. The summed E-state index contributed by atoms with van der Waals surface area (Å²) in [6.45, 7) is 4.10. The van der Waals surface area contributed by atoms with Crippen LogP contribution in [0.3, 0.4) is 0 Å². The van der Waals surface area contributed by atoms with E-state index in [1.54, 1.807) is 19.1 Å². The molecule has 21 heavy (non-hydrogen) atoms. The van der Waals surface area contributed by atoms with Gasteiger partial charge >= 0.3 is 0 Å². The monoisotopic (exact) mass is 285 g/mol. The number of rotatable bonds is 5. The zero-order chi connectivity index (χ0) is 15.2. The van der Waals surface area contributed by atoms with Gasteiger partial charge < -0.3 is 15.2 Å². The topological polar surface area (TPSA) is 58.6 Å². The van der Waals surface area contributed by atoms with E-state index in [0.717, 1.165) is 16.9 Å². The second-order valence-electron chi connectivity index (χ2n) is 4.96. The summed E-state index contributed by atoms with van der Waals surface area (Å²) in [6, 6.07) is 12.7. The van der Waals surface area contributed by atoms with Crippen molar-refractivity contribution in [1.82, 2.24) is 0 Å². The van der Waals surface area contributed by atoms with Crippen LogP contribution in [-0.2, 0) is 4.79 Å². The Morgan fingerprint density at radius 2 is 2.00 bits per heavy atom. The van der Waals surface area contributed by atoms with Crippen LogP contribution in [0.5, 0.6) is 11.5 Å². The molecule has 0 bridgehead atoms. The number of aryl methyl sites for hydroxylation is 2. The predicted molar refractivity (Wildman–Crippen MR) is 82.8 cm³/mol. The molecule has 2 aromatic rings. The average molecular weight is 285 g/mol. The molecule has 0 radical (unpaired) electrons. The van der Waals surface area contributed by atoms with Gasteiger partial charge in [0.15, 0.2) is 0 Å². The van der Waals surface area contributed by atoms with E-state index in [9.17, 15) is 9.90 Å². The second kappa shape index (κ2) is 6.79. The largest absolute Gasteiger partial charge is 0.508 e. The predicted octanol–water partition coefficient (Wildman–Crippen LogP) is 3.42. The molecule has 0 heterocycles. The number of carbonyl (C=O) groups is 1. The van der Waals surface area contributed by atoms with Crippen molar-refractivity contribution >= 4 is 11.6 Å². The molecule has 2 rings (SSSR count). The molecule has 0 aliphatic heterocycles. The van der Waals surface area contributed by atoms with Crippen molar-refractivity contribution in [1.29, 1.82) is 0 Å². The number of anilines is 1. The summed E-state index contributed by atoms with van der Waals surface area (Å²) in [6.07, 6.45) is 0.253. The Morgan fingerprint density at radius 3 is 2.71 bits per heavy atom. The van der Waals surface area contributed by atoms with Gasteiger partial charge in [-0.05, 0) is 43.2 Å². The van der Waals surface area contributed by atoms with Gasteiger partial charge in [0.05, 0.1) is 13.0 Å². The fourth-order valence-electron chi connectivity index (χ4n) is 1.88. The number of hydrogen-bond acceptors (Lipinski definition) is 3. The fourth-order valence-corrected chi connectivity index (χ4v) is 1.88. The molecule has 0 spiro atoms. The number of phenols is 1. The minimum absolute atomic E-state index is 0.147. The lowest BCUT2D eigenvalue weighted by molar-refractivity contribution is -0.116. The van der Waals surface area contributed by atoms with Gasteiger partial charge in [-0.3, -0.25) is 4.79 Å². The number of aromatic hydroxyl groups is 1. The number of ether oxygens (including phenoxy) is 1. The van der Waals surface area contributed by atoms with Gasteiger partial charge in [0, 0.05) is 11.8 Å². The molecule has 4 heteroatoms. The normalized spacial score (nSPS) is 10.2. The van der Waals surface area contributed by atoms with Crippen molar-refractivity contribution in [3.05, 3.63) is 53.6 Å². The van der Waals surface area contributed by atoms with Crippen LogP contribution in [0.25, 0.3) is 0 Å². The highest BCUT2D eigenvalue weighted by Gasteiger charge is 2.05. The van der Waals surface area contributed by atoms with Crippen LogP contribution in [0.1, 0.15) is 17.5 Å². The Bertz CT molecular complexity index is 638. The SMILES string of the molecule is Cc1cccc(OCCC(=O)Nc2ccc(C)c(O)c2)c1. The molecule has 0 saturated heterocycles. The summed E-state index contributed by atoms with van der Waals surface area (Å²) in [7, 11) is 0. The summed E-state index contributed by atoms with van der Waals surface area (Å²) in [5, 5.41) is 12.3. The van der Waals surface area contributed by atoms with E-state index in [1.807, 2.05) is 31.2 Å². The first-order valence-corrected chi connectivity index (χ1v) is 6.83. The summed E-state index contributed by atoms with van der Waals surface area (Å²) < 4.78 is 5.53. The molecule has 0 aliphatic rings. The first kappa shape index (κ1) is 14.9. The molecule has 4 nitrogen and oxygen atoms in total. The third-order valence-corrected chi connectivity index (χ3v) is 3.08. The lowest BCUT2D eigenvalue weighted by Gasteiger charge is -2.08. The number of amides is 1. The molecule has 0 aromatic heterocycles. The molecule has 1 amide bonds. The van der Waals surface area contributed by atoms with E-state index in [1.165, 1.54) is 6.07 Å². The number of nitrogens with one attached hydrogen (secondary N) is 1. The highest BCUT2D eigenvalue weighted by atomic mass is 16.5. The van der Waals surface area contributed by atoms with E-state index in [2.05, 4.69) is 5.32 Å². The van der Waals surface area contributed by atoms with Gasteiger partial charge in [-0.15, -0.1) is 0 Å². The van der Waals surface area contributed by atoms with Crippen molar-refractivity contribution in [2.24, 2.45) is 0 Å². The van der Waals surface area contributed by atoms with Crippen LogP contribution in [-0.4, -0.2) is 17.6 Å². The minimum Gasteiger partial charge on any atom is -0.508 e. The number of carbonyl (C=O) groups excluding carboxylic acids is 1. The van der Waals surface area contributed by atoms with Crippen LogP contribution in [0, 0.1) is 13.8 Å². The molecule has 2 aromatic carbocycles. The molecule has 110 valence electrons. The second-order valence-corrected chi connectivity index (χ2v) is 4.96. The maximum Gasteiger partial charge on any atom is 0.227 e. The third kappa shape index (κ3) is 4.53. The molecular formula is C17H19NO3. The van der Waals surface area contributed by atoms with Crippen LogP contribution >= 0.6 is 0 Å². The van der Waals surface area contributed by atoms with Gasteiger partial charge in [-0.1, -0.05) is 18.2 Å². The quantitative estimate of drug-likeness (QED) is 0.885. The lowest BCUT2D eigenvalue weighted by atomic mass is 10.2.